The molecule has 6 nitrogen and oxygen atoms in total. The number of rotatable bonds is 6. The van der Waals surface area contributed by atoms with Gasteiger partial charge in [0.25, 0.3) is 0 Å². The lowest BCUT2D eigenvalue weighted by Crippen LogP contribution is -2.48. The summed E-state index contributed by atoms with van der Waals surface area (Å²) in [6.07, 6.45) is 4.36. The lowest BCUT2D eigenvalue weighted by atomic mass is 10.00. The van der Waals surface area contributed by atoms with Crippen molar-refractivity contribution in [3.05, 3.63) is 77.6 Å². The molecule has 190 valence electrons. The fourth-order valence-corrected chi connectivity index (χ4v) is 5.36. The van der Waals surface area contributed by atoms with Gasteiger partial charge in [-0.1, -0.05) is 23.8 Å². The number of carbonyl (C=O) groups excluding carboxylic acids is 1. The first-order valence-electron chi connectivity index (χ1n) is 13.2. The standard InChI is InChI=1S/C31H34N4O2/c1-21-4-5-22(2)27(18-21)25-10-13-29-32-30(23-8-11-26(37-3)12-9-23)28(35(29)19-25)20-33-14-16-34(17-15-33)31(36)24-6-7-24/h4-5,8-13,18-19,24H,6-7,14-17,20H2,1-3H3. The zero-order valence-electron chi connectivity index (χ0n) is 21.9. The van der Waals surface area contributed by atoms with Gasteiger partial charge < -0.3 is 14.0 Å². The van der Waals surface area contributed by atoms with Crippen LogP contribution < -0.4 is 4.74 Å². The maximum Gasteiger partial charge on any atom is 0.225 e. The molecule has 6 heteroatoms. The first kappa shape index (κ1) is 23.7. The quantitative estimate of drug-likeness (QED) is 0.363. The Labute approximate surface area is 218 Å². The minimum absolute atomic E-state index is 0.287. The van der Waals surface area contributed by atoms with Gasteiger partial charge in [0.05, 0.1) is 18.5 Å². The van der Waals surface area contributed by atoms with E-state index in [2.05, 4.69) is 76.7 Å². The molecule has 1 aliphatic carbocycles. The second-order valence-corrected chi connectivity index (χ2v) is 10.5. The Balaban J connectivity index is 1.37. The van der Waals surface area contributed by atoms with Crippen molar-refractivity contribution < 1.29 is 9.53 Å². The van der Waals surface area contributed by atoms with Crippen molar-refractivity contribution in [2.75, 3.05) is 33.3 Å². The van der Waals surface area contributed by atoms with E-state index in [1.807, 2.05) is 12.1 Å². The van der Waals surface area contributed by atoms with E-state index in [0.717, 1.165) is 68.2 Å². The molecule has 2 fully saturated rings. The number of amides is 1. The van der Waals surface area contributed by atoms with Crippen LogP contribution in [0.25, 0.3) is 28.0 Å². The zero-order valence-corrected chi connectivity index (χ0v) is 21.9. The van der Waals surface area contributed by atoms with Crippen molar-refractivity contribution in [3.63, 3.8) is 0 Å². The second kappa shape index (κ2) is 9.67. The summed E-state index contributed by atoms with van der Waals surface area (Å²) in [6.45, 7) is 8.45. The molecule has 6 rings (SSSR count). The second-order valence-electron chi connectivity index (χ2n) is 10.5. The predicted molar refractivity (Wildman–Crippen MR) is 147 cm³/mol. The number of benzene rings is 2. The maximum absolute atomic E-state index is 12.6. The van der Waals surface area contributed by atoms with Gasteiger partial charge in [-0.25, -0.2) is 4.98 Å². The van der Waals surface area contributed by atoms with Gasteiger partial charge in [0, 0.05) is 50.4 Å². The van der Waals surface area contributed by atoms with Gasteiger partial charge in [0.15, 0.2) is 0 Å². The molecule has 0 radical (unpaired) electrons. The van der Waals surface area contributed by atoms with Crippen LogP contribution in [-0.4, -0.2) is 58.4 Å². The summed E-state index contributed by atoms with van der Waals surface area (Å²) in [5, 5.41) is 0. The smallest absolute Gasteiger partial charge is 0.225 e. The molecule has 0 unspecified atom stereocenters. The van der Waals surface area contributed by atoms with Crippen LogP contribution in [0.3, 0.4) is 0 Å². The predicted octanol–water partition coefficient (Wildman–Crippen LogP) is 5.35. The number of aryl methyl sites for hydroxylation is 2. The highest BCUT2D eigenvalue weighted by Gasteiger charge is 2.34. The molecule has 3 heterocycles. The summed E-state index contributed by atoms with van der Waals surface area (Å²) < 4.78 is 7.65. The van der Waals surface area contributed by atoms with Crippen molar-refractivity contribution in [3.8, 4) is 28.1 Å². The number of ether oxygens (including phenoxy) is 1. The number of methoxy groups -OCH3 is 1. The average Bonchev–Trinajstić information content (AvgIpc) is 3.72. The van der Waals surface area contributed by atoms with Crippen LogP contribution in [0.2, 0.25) is 0 Å². The molecule has 0 atom stereocenters. The van der Waals surface area contributed by atoms with Crippen LogP contribution in [0.1, 0.15) is 29.7 Å². The average molecular weight is 495 g/mol. The monoisotopic (exact) mass is 494 g/mol. The fourth-order valence-electron chi connectivity index (χ4n) is 5.36. The van der Waals surface area contributed by atoms with Gasteiger partial charge in [-0.15, -0.1) is 0 Å². The Morgan fingerprint density at radius 3 is 2.38 bits per heavy atom. The number of fused-ring (bicyclic) bond motifs is 1. The topological polar surface area (TPSA) is 50.1 Å². The molecule has 1 saturated heterocycles. The summed E-state index contributed by atoms with van der Waals surface area (Å²) in [5.41, 5.74) is 9.15. The third-order valence-corrected chi connectivity index (χ3v) is 7.77. The molecule has 37 heavy (non-hydrogen) atoms. The molecule has 0 spiro atoms. The van der Waals surface area contributed by atoms with Crippen molar-refractivity contribution in [2.24, 2.45) is 5.92 Å². The number of aromatic nitrogens is 2. The number of piperazine rings is 1. The molecule has 2 aliphatic rings. The van der Waals surface area contributed by atoms with Crippen LogP contribution in [0.5, 0.6) is 5.75 Å². The number of pyridine rings is 1. The van der Waals surface area contributed by atoms with Crippen LogP contribution in [0.15, 0.2) is 60.8 Å². The third-order valence-electron chi connectivity index (χ3n) is 7.77. The number of nitrogens with zero attached hydrogens (tertiary/aromatic N) is 4. The van der Waals surface area contributed by atoms with Crippen LogP contribution >= 0.6 is 0 Å². The van der Waals surface area contributed by atoms with E-state index in [1.165, 1.54) is 27.9 Å². The largest absolute Gasteiger partial charge is 0.497 e. The molecule has 4 aromatic rings. The molecular formula is C31H34N4O2. The first-order chi connectivity index (χ1) is 18.0. The molecule has 2 aromatic heterocycles. The SMILES string of the molecule is COc1ccc(-c2nc3ccc(-c4cc(C)ccc4C)cn3c2CN2CCN(C(=O)C3CC3)CC2)cc1. The number of hydrogen-bond acceptors (Lipinski definition) is 4. The Morgan fingerprint density at radius 2 is 1.68 bits per heavy atom. The normalized spacial score (nSPS) is 16.4. The number of hydrogen-bond donors (Lipinski definition) is 0. The highest BCUT2D eigenvalue weighted by Crippen LogP contribution is 2.33. The summed E-state index contributed by atoms with van der Waals surface area (Å²) in [6, 6.07) is 19.1. The van der Waals surface area contributed by atoms with Crippen LogP contribution in [-0.2, 0) is 11.3 Å². The number of carbonyl (C=O) groups is 1. The number of imidazole rings is 1. The van der Waals surface area contributed by atoms with Crippen molar-refractivity contribution >= 4 is 11.6 Å². The van der Waals surface area contributed by atoms with Gasteiger partial charge in [0.2, 0.25) is 5.91 Å². The van der Waals surface area contributed by atoms with Gasteiger partial charge >= 0.3 is 0 Å². The summed E-state index contributed by atoms with van der Waals surface area (Å²) in [7, 11) is 1.69. The molecule has 1 aliphatic heterocycles. The molecule has 0 N–H and O–H groups in total. The Hall–Kier alpha value is -3.64. The highest BCUT2D eigenvalue weighted by molar-refractivity contribution is 5.81. The van der Waals surface area contributed by atoms with Crippen molar-refractivity contribution in [1.29, 1.82) is 0 Å². The third kappa shape index (κ3) is 4.74. The highest BCUT2D eigenvalue weighted by atomic mass is 16.5. The van der Waals surface area contributed by atoms with Gasteiger partial charge in [-0.2, -0.15) is 0 Å². The molecule has 1 amide bonds. The molecule has 1 saturated carbocycles. The van der Waals surface area contributed by atoms with E-state index in [1.54, 1.807) is 7.11 Å². The minimum Gasteiger partial charge on any atom is -0.497 e. The molecule has 2 aromatic carbocycles. The van der Waals surface area contributed by atoms with E-state index in [9.17, 15) is 4.79 Å². The summed E-state index contributed by atoms with van der Waals surface area (Å²) in [5.74, 6) is 1.48. The van der Waals surface area contributed by atoms with Crippen LogP contribution in [0.4, 0.5) is 0 Å². The Bertz CT molecular complexity index is 1440. The molecule has 0 bridgehead atoms. The van der Waals surface area contributed by atoms with Gasteiger partial charge in [-0.3, -0.25) is 9.69 Å². The van der Waals surface area contributed by atoms with Crippen molar-refractivity contribution in [2.45, 2.75) is 33.2 Å². The maximum atomic E-state index is 12.6. The zero-order chi connectivity index (χ0) is 25.5. The van der Waals surface area contributed by atoms with Gasteiger partial charge in [0.1, 0.15) is 11.4 Å². The lowest BCUT2D eigenvalue weighted by molar-refractivity contribution is -0.134. The molecular weight excluding hydrogens is 460 g/mol. The Kier molecular flexibility index (Phi) is 6.21. The van der Waals surface area contributed by atoms with Gasteiger partial charge in [-0.05, 0) is 79.8 Å². The van der Waals surface area contributed by atoms with E-state index < -0.39 is 0 Å². The van der Waals surface area contributed by atoms with E-state index in [0.29, 0.717) is 5.91 Å². The van der Waals surface area contributed by atoms with E-state index in [4.69, 9.17) is 9.72 Å². The van der Waals surface area contributed by atoms with E-state index in [-0.39, 0.29) is 5.92 Å². The lowest BCUT2D eigenvalue weighted by Gasteiger charge is -2.35. The first-order valence-corrected chi connectivity index (χ1v) is 13.2. The fraction of sp³-hybridized carbons (Fsp3) is 0.355. The van der Waals surface area contributed by atoms with Crippen LogP contribution in [0, 0.1) is 19.8 Å². The summed E-state index contributed by atoms with van der Waals surface area (Å²) >= 11 is 0. The minimum atomic E-state index is 0.287. The Morgan fingerprint density at radius 1 is 0.946 bits per heavy atom. The summed E-state index contributed by atoms with van der Waals surface area (Å²) in [4.78, 5) is 22.2. The van der Waals surface area contributed by atoms with Crippen molar-refractivity contribution in [1.82, 2.24) is 19.2 Å². The van der Waals surface area contributed by atoms with E-state index >= 15 is 0 Å².